The molecule has 18 heavy (non-hydrogen) atoms. The van der Waals surface area contributed by atoms with Gasteiger partial charge >= 0.3 is 11.9 Å². The van der Waals surface area contributed by atoms with Crippen molar-refractivity contribution >= 4 is 17.7 Å². The quantitative estimate of drug-likeness (QED) is 0.577. The number of Topliss-reactive ketones (excluding diaryl/α,β-unsaturated/α-hetero) is 1. The molecule has 1 aromatic rings. The maximum absolute atomic E-state index is 11.6. The van der Waals surface area contributed by atoms with Crippen LogP contribution in [0.15, 0.2) is 30.3 Å². The zero-order chi connectivity index (χ0) is 13.5. The molecular formula is C13H14O5. The van der Waals surface area contributed by atoms with Crippen LogP contribution in [0.5, 0.6) is 0 Å². The average molecular weight is 250 g/mol. The Morgan fingerprint density at radius 3 is 2.17 bits per heavy atom. The molecule has 0 aliphatic rings. The number of carbonyl (C=O) groups excluding carboxylic acids is 3. The first-order chi connectivity index (χ1) is 8.60. The number of benzene rings is 1. The van der Waals surface area contributed by atoms with Crippen molar-refractivity contribution in [3.63, 3.8) is 0 Å². The third-order valence-electron chi connectivity index (χ3n) is 2.49. The molecule has 0 fully saturated rings. The van der Waals surface area contributed by atoms with E-state index < -0.39 is 23.6 Å². The Bertz CT molecular complexity index is 438. The molecule has 0 aromatic heterocycles. The summed E-state index contributed by atoms with van der Waals surface area (Å²) in [6.45, 7) is 0. The molecule has 1 aromatic carbocycles. The van der Waals surface area contributed by atoms with Crippen molar-refractivity contribution in [2.45, 2.75) is 12.3 Å². The van der Waals surface area contributed by atoms with Crippen LogP contribution in [0, 0.1) is 0 Å². The molecule has 0 saturated heterocycles. The summed E-state index contributed by atoms with van der Waals surface area (Å²) in [7, 11) is 2.36. The van der Waals surface area contributed by atoms with Crippen LogP contribution in [-0.4, -0.2) is 31.9 Å². The van der Waals surface area contributed by atoms with E-state index in [2.05, 4.69) is 9.47 Å². The second-order valence-corrected chi connectivity index (χ2v) is 3.61. The Labute approximate surface area is 105 Å². The van der Waals surface area contributed by atoms with E-state index in [1.54, 1.807) is 30.3 Å². The van der Waals surface area contributed by atoms with Gasteiger partial charge in [0.15, 0.2) is 0 Å². The molecule has 0 radical (unpaired) electrons. The average Bonchev–Trinajstić information content (AvgIpc) is 2.43. The van der Waals surface area contributed by atoms with E-state index in [0.29, 0.717) is 5.56 Å². The summed E-state index contributed by atoms with van der Waals surface area (Å²) in [6, 6.07) is 8.68. The Balaban J connectivity index is 2.91. The predicted octanol–water partition coefficient (Wildman–Crippen LogP) is 1.08. The summed E-state index contributed by atoms with van der Waals surface area (Å²) in [4.78, 5) is 34.2. The van der Waals surface area contributed by atoms with Crippen LogP contribution in [0.25, 0.3) is 0 Å². The Hall–Kier alpha value is -2.17. The van der Waals surface area contributed by atoms with Crippen molar-refractivity contribution in [3.05, 3.63) is 35.9 Å². The highest BCUT2D eigenvalue weighted by atomic mass is 16.5. The molecule has 96 valence electrons. The molecule has 0 bridgehead atoms. The van der Waals surface area contributed by atoms with Crippen LogP contribution in [0.4, 0.5) is 0 Å². The minimum Gasteiger partial charge on any atom is -0.469 e. The fraction of sp³-hybridized carbons (Fsp3) is 0.308. The van der Waals surface area contributed by atoms with Crippen LogP contribution < -0.4 is 0 Å². The highest BCUT2D eigenvalue weighted by molar-refractivity contribution is 6.34. The third kappa shape index (κ3) is 3.41. The molecule has 1 atom stereocenters. The van der Waals surface area contributed by atoms with Gasteiger partial charge in [0, 0.05) is 6.42 Å². The van der Waals surface area contributed by atoms with Gasteiger partial charge < -0.3 is 9.47 Å². The summed E-state index contributed by atoms with van der Waals surface area (Å²) >= 11 is 0. The van der Waals surface area contributed by atoms with Gasteiger partial charge in [-0.05, 0) is 5.56 Å². The van der Waals surface area contributed by atoms with Gasteiger partial charge in [0.1, 0.15) is 0 Å². The maximum Gasteiger partial charge on any atom is 0.374 e. The molecule has 0 saturated carbocycles. The molecule has 0 aliphatic heterocycles. The Kier molecular flexibility index (Phi) is 5.05. The van der Waals surface area contributed by atoms with Crippen LogP contribution in [-0.2, 0) is 23.9 Å². The zero-order valence-electron chi connectivity index (χ0n) is 10.2. The van der Waals surface area contributed by atoms with Gasteiger partial charge in [0.25, 0.3) is 0 Å². The summed E-state index contributed by atoms with van der Waals surface area (Å²) < 4.78 is 8.96. The van der Waals surface area contributed by atoms with Gasteiger partial charge in [0.2, 0.25) is 5.78 Å². The standard InChI is InChI=1S/C13H14O5/c1-17-12(15)10(8-11(14)13(16)18-2)9-6-4-3-5-7-9/h3-7,10H,8H2,1-2H3. The van der Waals surface area contributed by atoms with Crippen molar-refractivity contribution in [3.8, 4) is 0 Å². The lowest BCUT2D eigenvalue weighted by molar-refractivity contribution is -0.153. The highest BCUT2D eigenvalue weighted by Gasteiger charge is 2.27. The number of carbonyl (C=O) groups is 3. The zero-order valence-corrected chi connectivity index (χ0v) is 10.2. The fourth-order valence-corrected chi connectivity index (χ4v) is 1.55. The van der Waals surface area contributed by atoms with Crippen molar-refractivity contribution in [2.75, 3.05) is 14.2 Å². The van der Waals surface area contributed by atoms with Crippen LogP contribution >= 0.6 is 0 Å². The van der Waals surface area contributed by atoms with Crippen LogP contribution in [0.2, 0.25) is 0 Å². The normalized spacial score (nSPS) is 11.4. The van der Waals surface area contributed by atoms with E-state index in [1.165, 1.54) is 7.11 Å². The molecule has 0 aliphatic carbocycles. The molecule has 1 unspecified atom stereocenters. The molecule has 5 heteroatoms. The molecule has 1 rings (SSSR count). The SMILES string of the molecule is COC(=O)C(=O)CC(C(=O)OC)c1ccccc1. The summed E-state index contributed by atoms with van der Waals surface area (Å²) in [5, 5.41) is 0. The maximum atomic E-state index is 11.6. The third-order valence-corrected chi connectivity index (χ3v) is 2.49. The number of hydrogen-bond donors (Lipinski definition) is 0. The fourth-order valence-electron chi connectivity index (χ4n) is 1.55. The first-order valence-electron chi connectivity index (χ1n) is 5.34. The summed E-state index contributed by atoms with van der Waals surface area (Å²) in [5.74, 6) is -3.06. The van der Waals surface area contributed by atoms with Gasteiger partial charge in [-0.1, -0.05) is 30.3 Å². The number of esters is 2. The van der Waals surface area contributed by atoms with Crippen molar-refractivity contribution in [1.29, 1.82) is 0 Å². The van der Waals surface area contributed by atoms with E-state index in [4.69, 9.17) is 0 Å². The van der Waals surface area contributed by atoms with Gasteiger partial charge in [-0.15, -0.1) is 0 Å². The number of methoxy groups -OCH3 is 2. The largest absolute Gasteiger partial charge is 0.469 e. The number of hydrogen-bond acceptors (Lipinski definition) is 5. The lowest BCUT2D eigenvalue weighted by Crippen LogP contribution is -2.23. The molecule has 0 N–H and O–H groups in total. The monoisotopic (exact) mass is 250 g/mol. The van der Waals surface area contributed by atoms with E-state index in [1.807, 2.05) is 0 Å². The minimum atomic E-state index is -0.958. The number of ketones is 1. The first kappa shape index (κ1) is 13.9. The number of ether oxygens (including phenoxy) is 2. The van der Waals surface area contributed by atoms with E-state index in [9.17, 15) is 14.4 Å². The lowest BCUT2D eigenvalue weighted by atomic mass is 9.94. The van der Waals surface area contributed by atoms with E-state index >= 15 is 0 Å². The second-order valence-electron chi connectivity index (χ2n) is 3.61. The van der Waals surface area contributed by atoms with Crippen molar-refractivity contribution in [2.24, 2.45) is 0 Å². The molecule has 0 spiro atoms. The van der Waals surface area contributed by atoms with Crippen molar-refractivity contribution < 1.29 is 23.9 Å². The van der Waals surface area contributed by atoms with Gasteiger partial charge in [-0.25, -0.2) is 4.79 Å². The van der Waals surface area contributed by atoms with Gasteiger partial charge in [0.05, 0.1) is 20.1 Å². The first-order valence-corrected chi connectivity index (χ1v) is 5.34. The molecule has 0 heterocycles. The second kappa shape index (κ2) is 6.54. The van der Waals surface area contributed by atoms with Gasteiger partial charge in [-0.2, -0.15) is 0 Å². The molecular weight excluding hydrogens is 236 g/mol. The van der Waals surface area contributed by atoms with E-state index in [0.717, 1.165) is 7.11 Å². The molecule has 0 amide bonds. The van der Waals surface area contributed by atoms with Crippen LogP contribution in [0.1, 0.15) is 17.9 Å². The van der Waals surface area contributed by atoms with E-state index in [-0.39, 0.29) is 6.42 Å². The summed E-state index contributed by atoms with van der Waals surface area (Å²) in [5.41, 5.74) is 0.626. The minimum absolute atomic E-state index is 0.261. The highest BCUT2D eigenvalue weighted by Crippen LogP contribution is 2.21. The van der Waals surface area contributed by atoms with Crippen LogP contribution in [0.3, 0.4) is 0 Å². The smallest absolute Gasteiger partial charge is 0.374 e. The Morgan fingerprint density at radius 2 is 1.67 bits per heavy atom. The van der Waals surface area contributed by atoms with Crippen molar-refractivity contribution in [1.82, 2.24) is 0 Å². The number of rotatable bonds is 5. The lowest BCUT2D eigenvalue weighted by Gasteiger charge is -2.13. The topological polar surface area (TPSA) is 69.7 Å². The Morgan fingerprint density at radius 1 is 1.06 bits per heavy atom. The predicted molar refractivity (Wildman–Crippen MR) is 62.8 cm³/mol. The summed E-state index contributed by atoms with van der Waals surface area (Å²) in [6.07, 6.45) is -0.261. The van der Waals surface area contributed by atoms with Gasteiger partial charge in [-0.3, -0.25) is 9.59 Å². The molecule has 5 nitrogen and oxygen atoms in total.